The van der Waals surface area contributed by atoms with Crippen molar-refractivity contribution in [3.8, 4) is 6.19 Å². The molecule has 0 spiro atoms. The van der Waals surface area contributed by atoms with E-state index < -0.39 is 11.7 Å². The number of benzene rings is 1. The minimum absolute atomic E-state index is 0.183. The summed E-state index contributed by atoms with van der Waals surface area (Å²) in [6, 6.07) is 3.22. The van der Waals surface area contributed by atoms with E-state index in [9.17, 15) is 13.2 Å². The summed E-state index contributed by atoms with van der Waals surface area (Å²) < 4.78 is 36.7. The first kappa shape index (κ1) is 10.4. The molecule has 14 heavy (non-hydrogen) atoms. The van der Waals surface area contributed by atoms with Crippen molar-refractivity contribution < 1.29 is 13.2 Å². The lowest BCUT2D eigenvalue weighted by Crippen LogP contribution is -2.05. The van der Waals surface area contributed by atoms with Crippen LogP contribution in [0, 0.1) is 18.4 Å². The van der Waals surface area contributed by atoms with Crippen LogP contribution >= 0.6 is 0 Å². The highest BCUT2D eigenvalue weighted by Gasteiger charge is 2.30. The van der Waals surface area contributed by atoms with E-state index in [1.165, 1.54) is 6.07 Å². The van der Waals surface area contributed by atoms with E-state index in [1.807, 2.05) is 0 Å². The second-order valence-electron chi connectivity index (χ2n) is 2.76. The highest BCUT2D eigenvalue weighted by Crippen LogP contribution is 2.31. The number of anilines is 1. The van der Waals surface area contributed by atoms with Crippen molar-refractivity contribution >= 4 is 5.69 Å². The Labute approximate surface area is 79.0 Å². The fourth-order valence-corrected chi connectivity index (χ4v) is 0.993. The number of nitrogens with one attached hydrogen (secondary N) is 1. The molecule has 1 aromatic rings. The van der Waals surface area contributed by atoms with Gasteiger partial charge < -0.3 is 0 Å². The van der Waals surface area contributed by atoms with Gasteiger partial charge in [-0.1, -0.05) is 6.07 Å². The Bertz CT molecular complexity index is 377. The van der Waals surface area contributed by atoms with E-state index in [0.29, 0.717) is 5.56 Å². The van der Waals surface area contributed by atoms with Crippen molar-refractivity contribution in [3.63, 3.8) is 0 Å². The largest absolute Gasteiger partial charge is 0.416 e. The Morgan fingerprint density at radius 3 is 2.50 bits per heavy atom. The minimum atomic E-state index is -4.38. The Kier molecular flexibility index (Phi) is 2.65. The summed E-state index contributed by atoms with van der Waals surface area (Å²) in [5.41, 5.74) is 0.0164. The van der Waals surface area contributed by atoms with Gasteiger partial charge in [0.05, 0.1) is 11.3 Å². The van der Waals surface area contributed by atoms with Gasteiger partial charge in [-0.15, -0.1) is 0 Å². The van der Waals surface area contributed by atoms with Gasteiger partial charge in [0.1, 0.15) is 0 Å². The van der Waals surface area contributed by atoms with E-state index in [-0.39, 0.29) is 5.69 Å². The Balaban J connectivity index is 3.14. The van der Waals surface area contributed by atoms with Gasteiger partial charge in [0.15, 0.2) is 6.19 Å². The fraction of sp³-hybridized carbons (Fsp3) is 0.222. The van der Waals surface area contributed by atoms with Crippen molar-refractivity contribution in [2.75, 3.05) is 5.32 Å². The number of halogens is 3. The topological polar surface area (TPSA) is 35.8 Å². The number of hydrogen-bond donors (Lipinski definition) is 1. The number of rotatable bonds is 1. The van der Waals surface area contributed by atoms with Crippen LogP contribution in [0.5, 0.6) is 0 Å². The second-order valence-corrected chi connectivity index (χ2v) is 2.76. The van der Waals surface area contributed by atoms with Crippen molar-refractivity contribution in [1.82, 2.24) is 0 Å². The van der Waals surface area contributed by atoms with E-state index in [0.717, 1.165) is 12.1 Å². The Morgan fingerprint density at radius 2 is 2.00 bits per heavy atom. The lowest BCUT2D eigenvalue weighted by atomic mass is 10.1. The van der Waals surface area contributed by atoms with E-state index in [4.69, 9.17) is 5.26 Å². The number of hydrogen-bond acceptors (Lipinski definition) is 2. The molecule has 0 aliphatic carbocycles. The summed E-state index contributed by atoms with van der Waals surface area (Å²) in [6.45, 7) is 1.62. The van der Waals surface area contributed by atoms with Gasteiger partial charge >= 0.3 is 6.18 Å². The van der Waals surface area contributed by atoms with E-state index in [1.54, 1.807) is 13.1 Å². The molecule has 1 rings (SSSR count). The zero-order valence-electron chi connectivity index (χ0n) is 7.31. The zero-order chi connectivity index (χ0) is 10.8. The van der Waals surface area contributed by atoms with Crippen LogP contribution in [0.4, 0.5) is 18.9 Å². The van der Waals surface area contributed by atoms with Crippen LogP contribution < -0.4 is 5.32 Å². The minimum Gasteiger partial charge on any atom is -0.293 e. The van der Waals surface area contributed by atoms with Crippen molar-refractivity contribution in [1.29, 1.82) is 5.26 Å². The first-order valence-electron chi connectivity index (χ1n) is 3.78. The summed E-state index contributed by atoms with van der Waals surface area (Å²) in [5.74, 6) is 0. The predicted octanol–water partition coefficient (Wildman–Crippen LogP) is 2.91. The monoisotopic (exact) mass is 200 g/mol. The lowest BCUT2D eigenvalue weighted by molar-refractivity contribution is -0.137. The number of alkyl halides is 3. The SMILES string of the molecule is Cc1ccc(C(F)(F)F)cc1NC#N. The molecule has 0 aliphatic heterocycles. The first-order valence-corrected chi connectivity index (χ1v) is 3.78. The molecule has 1 aromatic carbocycles. The fourth-order valence-electron chi connectivity index (χ4n) is 0.993. The summed E-state index contributed by atoms with van der Waals surface area (Å²) in [4.78, 5) is 0. The van der Waals surface area contributed by atoms with Crippen LogP contribution in [0.2, 0.25) is 0 Å². The normalized spacial score (nSPS) is 10.8. The summed E-state index contributed by atoms with van der Waals surface area (Å²) >= 11 is 0. The molecule has 0 atom stereocenters. The molecule has 0 aromatic heterocycles. The van der Waals surface area contributed by atoms with Gasteiger partial charge in [0, 0.05) is 0 Å². The molecule has 5 heteroatoms. The number of nitrogens with zero attached hydrogens (tertiary/aromatic N) is 1. The maximum Gasteiger partial charge on any atom is 0.416 e. The summed E-state index contributed by atoms with van der Waals surface area (Å²) in [6.07, 6.45) is -2.79. The molecule has 74 valence electrons. The molecule has 0 fully saturated rings. The molecule has 1 N–H and O–H groups in total. The van der Waals surface area contributed by atoms with E-state index in [2.05, 4.69) is 5.32 Å². The predicted molar refractivity (Wildman–Crippen MR) is 45.4 cm³/mol. The van der Waals surface area contributed by atoms with Gasteiger partial charge in [-0.05, 0) is 24.6 Å². The third kappa shape index (κ3) is 2.16. The summed E-state index contributed by atoms with van der Waals surface area (Å²) in [7, 11) is 0. The maximum absolute atomic E-state index is 12.2. The molecular formula is C9H7F3N2. The lowest BCUT2D eigenvalue weighted by Gasteiger charge is -2.09. The smallest absolute Gasteiger partial charge is 0.293 e. The quantitative estimate of drug-likeness (QED) is 0.558. The van der Waals surface area contributed by atoms with Gasteiger partial charge in [0.25, 0.3) is 0 Å². The van der Waals surface area contributed by atoms with Gasteiger partial charge in [-0.3, -0.25) is 5.32 Å². The van der Waals surface area contributed by atoms with Crippen LogP contribution in [0.15, 0.2) is 18.2 Å². The average Bonchev–Trinajstić information content (AvgIpc) is 2.07. The zero-order valence-corrected chi connectivity index (χ0v) is 7.31. The van der Waals surface area contributed by atoms with Crippen LogP contribution in [-0.4, -0.2) is 0 Å². The molecule has 0 saturated carbocycles. The average molecular weight is 200 g/mol. The molecule has 0 aliphatic rings. The van der Waals surface area contributed by atoms with Crippen molar-refractivity contribution in [2.45, 2.75) is 13.1 Å². The molecule has 0 radical (unpaired) electrons. The second kappa shape index (κ2) is 3.58. The molecular weight excluding hydrogens is 193 g/mol. The van der Waals surface area contributed by atoms with Crippen molar-refractivity contribution in [3.05, 3.63) is 29.3 Å². The van der Waals surface area contributed by atoms with Gasteiger partial charge in [-0.25, -0.2) is 0 Å². The van der Waals surface area contributed by atoms with Crippen LogP contribution in [-0.2, 0) is 6.18 Å². The third-order valence-electron chi connectivity index (χ3n) is 1.76. The molecule has 0 saturated heterocycles. The van der Waals surface area contributed by atoms with Crippen molar-refractivity contribution in [2.24, 2.45) is 0 Å². The van der Waals surface area contributed by atoms with Crippen LogP contribution in [0.3, 0.4) is 0 Å². The Morgan fingerprint density at radius 1 is 1.36 bits per heavy atom. The standard InChI is InChI=1S/C9H7F3N2/c1-6-2-3-7(9(10,11)12)4-8(6)14-5-13/h2-4,14H,1H3. The van der Waals surface area contributed by atoms with E-state index >= 15 is 0 Å². The number of aryl methyl sites for hydroxylation is 1. The highest BCUT2D eigenvalue weighted by atomic mass is 19.4. The maximum atomic E-state index is 12.2. The Hall–Kier alpha value is -1.70. The summed E-state index contributed by atoms with van der Waals surface area (Å²) in [5, 5.41) is 10.5. The third-order valence-corrected chi connectivity index (χ3v) is 1.76. The highest BCUT2D eigenvalue weighted by molar-refractivity contribution is 5.55. The molecule has 2 nitrogen and oxygen atoms in total. The molecule has 0 heterocycles. The van der Waals surface area contributed by atoms with Gasteiger partial charge in [-0.2, -0.15) is 18.4 Å². The molecule has 0 unspecified atom stereocenters. The first-order chi connectivity index (χ1) is 6.45. The number of nitriles is 1. The molecule has 0 bridgehead atoms. The molecule has 0 amide bonds. The van der Waals surface area contributed by atoms with Gasteiger partial charge in [0.2, 0.25) is 0 Å². The van der Waals surface area contributed by atoms with Crippen LogP contribution in [0.25, 0.3) is 0 Å². The van der Waals surface area contributed by atoms with Crippen LogP contribution in [0.1, 0.15) is 11.1 Å².